The minimum absolute atomic E-state index is 0.148. The first-order valence-electron chi connectivity index (χ1n) is 9.36. The fourth-order valence-corrected chi connectivity index (χ4v) is 3.40. The van der Waals surface area contributed by atoms with Gasteiger partial charge >= 0.3 is 0 Å². The molecule has 0 radical (unpaired) electrons. The molecule has 0 unspecified atom stereocenters. The van der Waals surface area contributed by atoms with E-state index in [9.17, 15) is 4.79 Å². The summed E-state index contributed by atoms with van der Waals surface area (Å²) >= 11 is 0. The molecule has 0 aliphatic carbocycles. The Hall–Kier alpha value is -3.03. The number of ether oxygens (including phenoxy) is 4. The maximum Gasteiger partial charge on any atom is 0.235 e. The van der Waals surface area contributed by atoms with Gasteiger partial charge in [0.1, 0.15) is 23.8 Å². The number of hydrogen-bond donors (Lipinski definition) is 0. The zero-order valence-electron chi connectivity index (χ0n) is 16.7. The summed E-state index contributed by atoms with van der Waals surface area (Å²) in [6.45, 7) is 4.14. The first-order valence-corrected chi connectivity index (χ1v) is 9.36. The maximum absolute atomic E-state index is 13.2. The van der Waals surface area contributed by atoms with Crippen molar-refractivity contribution in [3.63, 3.8) is 0 Å². The van der Waals surface area contributed by atoms with E-state index in [-0.39, 0.29) is 11.2 Å². The van der Waals surface area contributed by atoms with Gasteiger partial charge in [-0.15, -0.1) is 0 Å². The van der Waals surface area contributed by atoms with Gasteiger partial charge in [-0.05, 0) is 31.2 Å². The molecule has 0 amide bonds. The Kier molecular flexibility index (Phi) is 5.42. The molecule has 2 aromatic carbocycles. The number of para-hydroxylation sites is 2. The van der Waals surface area contributed by atoms with Crippen LogP contribution in [0.3, 0.4) is 0 Å². The van der Waals surface area contributed by atoms with Crippen molar-refractivity contribution in [2.75, 3.05) is 34.1 Å². The molecular formula is C22H23NO6. The summed E-state index contributed by atoms with van der Waals surface area (Å²) in [4.78, 5) is 15.3. The lowest BCUT2D eigenvalue weighted by atomic mass is 10.1. The van der Waals surface area contributed by atoms with Gasteiger partial charge in [-0.25, -0.2) is 0 Å². The molecule has 0 N–H and O–H groups in total. The van der Waals surface area contributed by atoms with Crippen molar-refractivity contribution in [3.8, 4) is 23.0 Å². The highest BCUT2D eigenvalue weighted by Gasteiger charge is 2.24. The number of hydrogen-bond acceptors (Lipinski definition) is 7. The van der Waals surface area contributed by atoms with Gasteiger partial charge < -0.3 is 23.4 Å². The molecule has 4 rings (SSSR count). The van der Waals surface area contributed by atoms with Gasteiger partial charge in [-0.2, -0.15) is 0 Å². The van der Waals surface area contributed by atoms with Crippen LogP contribution in [0.4, 0.5) is 0 Å². The summed E-state index contributed by atoms with van der Waals surface area (Å²) in [5.74, 6) is 2.27. The van der Waals surface area contributed by atoms with Crippen LogP contribution in [0.15, 0.2) is 45.6 Å². The zero-order chi connectivity index (χ0) is 20.4. The molecule has 0 atom stereocenters. The van der Waals surface area contributed by atoms with Crippen molar-refractivity contribution < 1.29 is 23.4 Å². The lowest BCUT2D eigenvalue weighted by Gasteiger charge is -2.29. The summed E-state index contributed by atoms with van der Waals surface area (Å²) in [5, 5.41) is 0.455. The molecule has 152 valence electrons. The number of aryl methyl sites for hydroxylation is 1. The Bertz CT molecular complexity index is 1090. The van der Waals surface area contributed by atoms with Crippen LogP contribution in [0.5, 0.6) is 23.0 Å². The molecule has 0 saturated heterocycles. The molecule has 7 nitrogen and oxygen atoms in total. The second-order valence-electron chi connectivity index (χ2n) is 6.81. The van der Waals surface area contributed by atoms with Crippen molar-refractivity contribution in [2.45, 2.75) is 13.5 Å². The highest BCUT2D eigenvalue weighted by Crippen LogP contribution is 2.35. The third kappa shape index (κ3) is 3.66. The van der Waals surface area contributed by atoms with E-state index in [0.717, 1.165) is 17.9 Å². The van der Waals surface area contributed by atoms with Gasteiger partial charge in [0.15, 0.2) is 11.5 Å². The second-order valence-corrected chi connectivity index (χ2v) is 6.81. The normalized spacial score (nSPS) is 13.8. The molecule has 2 heterocycles. The Morgan fingerprint density at radius 3 is 2.66 bits per heavy atom. The van der Waals surface area contributed by atoms with E-state index in [1.165, 1.54) is 0 Å². The van der Waals surface area contributed by atoms with Crippen molar-refractivity contribution >= 4 is 11.0 Å². The van der Waals surface area contributed by atoms with Gasteiger partial charge in [-0.3, -0.25) is 9.69 Å². The lowest BCUT2D eigenvalue weighted by Crippen LogP contribution is -2.34. The summed E-state index contributed by atoms with van der Waals surface area (Å²) in [6.07, 6.45) is 0. The standard InChI is InChI=1S/C22H23NO6/c1-14-21(29-19-7-5-4-6-18(19)26-3)20(24)15-8-9-17-16(22(15)28-14)12-23(13-27-17)10-11-25-2/h4-9H,10-13H2,1-3H3. The van der Waals surface area contributed by atoms with Gasteiger partial charge in [0.25, 0.3) is 0 Å². The largest absolute Gasteiger partial charge is 0.493 e. The highest BCUT2D eigenvalue weighted by molar-refractivity contribution is 5.83. The SMILES string of the molecule is COCCN1COc2ccc3c(=O)c(Oc4ccccc4OC)c(C)oc3c2C1. The third-order valence-corrected chi connectivity index (χ3v) is 4.92. The Morgan fingerprint density at radius 2 is 1.90 bits per heavy atom. The average molecular weight is 397 g/mol. The summed E-state index contributed by atoms with van der Waals surface area (Å²) in [7, 11) is 3.22. The lowest BCUT2D eigenvalue weighted by molar-refractivity contribution is 0.0658. The topological polar surface area (TPSA) is 70.4 Å². The number of methoxy groups -OCH3 is 2. The summed E-state index contributed by atoms with van der Waals surface area (Å²) < 4.78 is 28.3. The Morgan fingerprint density at radius 1 is 1.10 bits per heavy atom. The van der Waals surface area contributed by atoms with Gasteiger partial charge in [0.2, 0.25) is 11.2 Å². The van der Waals surface area contributed by atoms with Crippen LogP contribution < -0.4 is 19.6 Å². The minimum Gasteiger partial charge on any atom is -0.493 e. The molecule has 3 aromatic rings. The summed E-state index contributed by atoms with van der Waals surface area (Å²) in [6, 6.07) is 10.7. The number of fused-ring (bicyclic) bond motifs is 3. The smallest absolute Gasteiger partial charge is 0.235 e. The van der Waals surface area contributed by atoms with Crippen LogP contribution in [-0.2, 0) is 11.3 Å². The highest BCUT2D eigenvalue weighted by atomic mass is 16.5. The summed E-state index contributed by atoms with van der Waals surface area (Å²) in [5.41, 5.74) is 1.15. The number of rotatable bonds is 6. The number of nitrogens with zero attached hydrogens (tertiary/aromatic N) is 1. The van der Waals surface area contributed by atoms with Crippen molar-refractivity contribution in [1.82, 2.24) is 4.90 Å². The molecule has 29 heavy (non-hydrogen) atoms. The Balaban J connectivity index is 1.76. The fourth-order valence-electron chi connectivity index (χ4n) is 3.40. The zero-order valence-corrected chi connectivity index (χ0v) is 16.7. The monoisotopic (exact) mass is 397 g/mol. The van der Waals surface area contributed by atoms with Crippen molar-refractivity contribution in [1.29, 1.82) is 0 Å². The second kappa shape index (κ2) is 8.14. The predicted octanol–water partition coefficient (Wildman–Crippen LogP) is 3.70. The van der Waals surface area contributed by atoms with E-state index in [1.807, 2.05) is 18.2 Å². The van der Waals surface area contributed by atoms with E-state index in [1.54, 1.807) is 39.3 Å². The van der Waals surface area contributed by atoms with Gasteiger partial charge in [0.05, 0.1) is 24.7 Å². The average Bonchev–Trinajstić information content (AvgIpc) is 2.75. The minimum atomic E-state index is -0.230. The van der Waals surface area contributed by atoms with E-state index in [4.69, 9.17) is 23.4 Å². The predicted molar refractivity (Wildman–Crippen MR) is 108 cm³/mol. The maximum atomic E-state index is 13.2. The van der Waals surface area contributed by atoms with E-state index in [2.05, 4.69) is 4.90 Å². The molecule has 1 aromatic heterocycles. The number of benzene rings is 2. The first-order chi connectivity index (χ1) is 14.1. The fraction of sp³-hybridized carbons (Fsp3) is 0.318. The molecule has 0 saturated carbocycles. The van der Waals surface area contributed by atoms with Crippen molar-refractivity contribution in [3.05, 3.63) is 57.9 Å². The quantitative estimate of drug-likeness (QED) is 0.628. The van der Waals surface area contributed by atoms with E-state index >= 15 is 0 Å². The van der Waals surface area contributed by atoms with E-state index < -0.39 is 0 Å². The first kappa shape index (κ1) is 19.3. The van der Waals surface area contributed by atoms with Crippen LogP contribution in [0, 0.1) is 6.92 Å². The Labute approximate surface area is 168 Å². The van der Waals surface area contributed by atoms with Crippen LogP contribution in [0.25, 0.3) is 11.0 Å². The van der Waals surface area contributed by atoms with Gasteiger partial charge in [0, 0.05) is 20.2 Å². The van der Waals surface area contributed by atoms with Crippen LogP contribution >= 0.6 is 0 Å². The molecule has 0 spiro atoms. The van der Waals surface area contributed by atoms with Crippen LogP contribution in [0.2, 0.25) is 0 Å². The third-order valence-electron chi connectivity index (χ3n) is 4.92. The molecular weight excluding hydrogens is 374 g/mol. The van der Waals surface area contributed by atoms with Gasteiger partial charge in [-0.1, -0.05) is 12.1 Å². The molecule has 1 aliphatic rings. The van der Waals surface area contributed by atoms with Crippen LogP contribution in [0.1, 0.15) is 11.3 Å². The molecule has 0 bridgehead atoms. The van der Waals surface area contributed by atoms with Crippen molar-refractivity contribution in [2.24, 2.45) is 0 Å². The van der Waals surface area contributed by atoms with E-state index in [0.29, 0.717) is 48.1 Å². The molecule has 0 fully saturated rings. The van der Waals surface area contributed by atoms with Crippen LogP contribution in [-0.4, -0.2) is 39.0 Å². The molecule has 7 heteroatoms. The molecule has 1 aliphatic heterocycles.